The van der Waals surface area contributed by atoms with Crippen molar-refractivity contribution < 1.29 is 39.8 Å². The molecule has 0 radical (unpaired) electrons. The number of aromatic amines is 1. The van der Waals surface area contributed by atoms with E-state index in [2.05, 4.69) is 18.8 Å². The van der Waals surface area contributed by atoms with E-state index in [1.807, 2.05) is 18.2 Å². The predicted molar refractivity (Wildman–Crippen MR) is 118 cm³/mol. The van der Waals surface area contributed by atoms with Gasteiger partial charge >= 0.3 is 5.97 Å². The molecule has 0 bridgehead atoms. The third-order valence-electron chi connectivity index (χ3n) is 6.93. The average molecular weight is 464 g/mol. The Hall–Kier alpha value is -2.01. The van der Waals surface area contributed by atoms with Crippen LogP contribution < -0.4 is 4.74 Å². The van der Waals surface area contributed by atoms with Crippen molar-refractivity contribution in [2.24, 2.45) is 5.92 Å². The Bertz CT molecular complexity index is 1010. The lowest BCUT2D eigenvalue weighted by atomic mass is 9.86. The summed E-state index contributed by atoms with van der Waals surface area (Å²) < 4.78 is 10.9. The summed E-state index contributed by atoms with van der Waals surface area (Å²) in [5, 5.41) is 53.0. The van der Waals surface area contributed by atoms with Crippen LogP contribution in [0.2, 0.25) is 0 Å². The van der Waals surface area contributed by atoms with Gasteiger partial charge < -0.3 is 40.0 Å². The highest BCUT2D eigenvalue weighted by Crippen LogP contribution is 2.46. The zero-order valence-electron chi connectivity index (χ0n) is 19.0. The van der Waals surface area contributed by atoms with E-state index >= 15 is 0 Å². The van der Waals surface area contributed by atoms with Gasteiger partial charge in [0.15, 0.2) is 11.9 Å². The zero-order valence-corrected chi connectivity index (χ0v) is 19.0. The van der Waals surface area contributed by atoms with E-state index < -0.39 is 42.3 Å². The Morgan fingerprint density at radius 3 is 2.58 bits per heavy atom. The van der Waals surface area contributed by atoms with Crippen molar-refractivity contribution in [3.05, 3.63) is 29.5 Å². The van der Waals surface area contributed by atoms with Crippen LogP contribution in [0.4, 0.5) is 0 Å². The highest BCUT2D eigenvalue weighted by molar-refractivity contribution is 5.91. The fourth-order valence-electron chi connectivity index (χ4n) is 4.89. The maximum absolute atomic E-state index is 13.0. The largest absolute Gasteiger partial charge is 0.422 e. The molecule has 1 aliphatic heterocycles. The number of aliphatic hydroxyl groups is 5. The molecule has 9 nitrogen and oxygen atoms in total. The van der Waals surface area contributed by atoms with E-state index in [4.69, 9.17) is 9.47 Å². The van der Waals surface area contributed by atoms with Crippen molar-refractivity contribution in [1.82, 2.24) is 4.98 Å². The number of H-pyrrole nitrogens is 1. The molecule has 2 aromatic rings. The van der Waals surface area contributed by atoms with Gasteiger partial charge in [0.2, 0.25) is 5.79 Å². The van der Waals surface area contributed by atoms with E-state index in [0.717, 1.165) is 18.4 Å². The maximum atomic E-state index is 13.0. The van der Waals surface area contributed by atoms with Gasteiger partial charge in [0.1, 0.15) is 17.8 Å². The third-order valence-corrected chi connectivity index (χ3v) is 6.93. The minimum absolute atomic E-state index is 0.101. The number of aromatic nitrogens is 1. The molecule has 1 saturated carbocycles. The van der Waals surface area contributed by atoms with E-state index in [1.165, 1.54) is 0 Å². The van der Waals surface area contributed by atoms with Crippen molar-refractivity contribution in [2.45, 2.75) is 88.7 Å². The number of rotatable bonds is 7. The van der Waals surface area contributed by atoms with Gasteiger partial charge in [0, 0.05) is 10.9 Å². The minimum atomic E-state index is -2.49. The summed E-state index contributed by atoms with van der Waals surface area (Å²) in [7, 11) is 0. The number of carbonyl (C=O) groups excluding carboxylic acids is 1. The number of esters is 1. The molecule has 182 valence electrons. The van der Waals surface area contributed by atoms with E-state index in [9.17, 15) is 30.3 Å². The first-order valence-corrected chi connectivity index (χ1v) is 11.5. The molecule has 2 fully saturated rings. The number of hydrogen-bond donors (Lipinski definition) is 6. The molecule has 2 aliphatic rings. The van der Waals surface area contributed by atoms with Crippen molar-refractivity contribution in [3.8, 4) is 5.75 Å². The Morgan fingerprint density at radius 1 is 1.24 bits per heavy atom. The van der Waals surface area contributed by atoms with Crippen LogP contribution in [0.3, 0.4) is 0 Å². The summed E-state index contributed by atoms with van der Waals surface area (Å²) in [6.07, 6.45) is -1.99. The molecular formula is C24H33NO8. The molecule has 1 aromatic carbocycles. The van der Waals surface area contributed by atoms with Crippen molar-refractivity contribution in [1.29, 1.82) is 0 Å². The standard InChI is InChI=1S/C24H33NO8/c1-13(2)5-6-14-7-8-16-15(11-14)19(17(12-26)25-16)32-22(29)20-18(27)21(28)24(31,33-20)23(30)9-3-4-10-23/h7-8,11,13,18,20-21,25-28,30-31H,3-6,9-10,12H2,1-2H3. The number of fused-ring (bicyclic) bond motifs is 1. The second-order valence-corrected chi connectivity index (χ2v) is 9.73. The molecule has 0 spiro atoms. The molecule has 1 aliphatic carbocycles. The van der Waals surface area contributed by atoms with Crippen molar-refractivity contribution in [3.63, 3.8) is 0 Å². The monoisotopic (exact) mass is 463 g/mol. The highest BCUT2D eigenvalue weighted by atomic mass is 16.7. The second kappa shape index (κ2) is 8.98. The van der Waals surface area contributed by atoms with E-state index in [-0.39, 0.29) is 24.3 Å². The van der Waals surface area contributed by atoms with Crippen molar-refractivity contribution >= 4 is 16.9 Å². The van der Waals surface area contributed by atoms with Crippen LogP contribution in [0.5, 0.6) is 5.75 Å². The van der Waals surface area contributed by atoms with Gasteiger partial charge in [-0.05, 0) is 49.3 Å². The van der Waals surface area contributed by atoms with E-state index in [1.54, 1.807) is 0 Å². The number of hydrogen-bond acceptors (Lipinski definition) is 8. The second-order valence-electron chi connectivity index (χ2n) is 9.73. The SMILES string of the molecule is CC(C)CCc1ccc2[nH]c(CO)c(OC(=O)C3OC(O)(C4(O)CCCC4)C(O)C3O)c2c1. The molecule has 9 heteroatoms. The quantitative estimate of drug-likeness (QED) is 0.336. The van der Waals surface area contributed by atoms with Gasteiger partial charge in [-0.3, -0.25) is 0 Å². The van der Waals surface area contributed by atoms with Crippen LogP contribution in [-0.4, -0.2) is 66.2 Å². The lowest BCUT2D eigenvalue weighted by molar-refractivity contribution is -0.313. The van der Waals surface area contributed by atoms with Gasteiger partial charge in [-0.15, -0.1) is 0 Å². The zero-order chi connectivity index (χ0) is 24.0. The Labute approximate surface area is 192 Å². The number of nitrogens with one attached hydrogen (secondary N) is 1. The number of benzene rings is 1. The summed E-state index contributed by atoms with van der Waals surface area (Å²) in [5.74, 6) is -2.90. The van der Waals surface area contributed by atoms with Crippen LogP contribution in [0, 0.1) is 5.92 Å². The average Bonchev–Trinajstić information content (AvgIpc) is 3.45. The Kier molecular flexibility index (Phi) is 6.56. The normalized spacial score (nSPS) is 29.3. The molecule has 4 unspecified atom stereocenters. The first-order valence-electron chi connectivity index (χ1n) is 11.5. The Balaban J connectivity index is 1.60. The molecule has 33 heavy (non-hydrogen) atoms. The molecule has 2 heterocycles. The first-order chi connectivity index (χ1) is 15.6. The molecule has 1 saturated heterocycles. The van der Waals surface area contributed by atoms with Gasteiger partial charge in [-0.1, -0.05) is 32.8 Å². The molecule has 1 aromatic heterocycles. The van der Waals surface area contributed by atoms with Crippen LogP contribution in [-0.2, 0) is 22.6 Å². The fourth-order valence-corrected chi connectivity index (χ4v) is 4.89. The number of aliphatic hydroxyl groups excluding tert-OH is 3. The van der Waals surface area contributed by atoms with Crippen LogP contribution in [0.25, 0.3) is 10.9 Å². The summed E-state index contributed by atoms with van der Waals surface area (Å²) in [4.78, 5) is 16.0. The number of carbonyl (C=O) groups is 1. The Morgan fingerprint density at radius 2 is 1.94 bits per heavy atom. The molecular weight excluding hydrogens is 430 g/mol. The van der Waals surface area contributed by atoms with Gasteiger partial charge in [0.25, 0.3) is 0 Å². The topological polar surface area (TPSA) is 152 Å². The van der Waals surface area contributed by atoms with Gasteiger partial charge in [-0.2, -0.15) is 0 Å². The van der Waals surface area contributed by atoms with Gasteiger partial charge in [0.05, 0.1) is 12.3 Å². The maximum Gasteiger partial charge on any atom is 0.343 e. The number of ether oxygens (including phenoxy) is 2. The summed E-state index contributed by atoms with van der Waals surface area (Å²) >= 11 is 0. The first kappa shape index (κ1) is 24.1. The van der Waals surface area contributed by atoms with Crippen LogP contribution in [0.1, 0.15) is 57.2 Å². The minimum Gasteiger partial charge on any atom is -0.422 e. The van der Waals surface area contributed by atoms with Crippen molar-refractivity contribution in [2.75, 3.05) is 0 Å². The summed E-state index contributed by atoms with van der Waals surface area (Å²) in [5.41, 5.74) is 0.212. The summed E-state index contributed by atoms with van der Waals surface area (Å²) in [6, 6.07) is 5.70. The number of aryl methyl sites for hydroxylation is 1. The van der Waals surface area contributed by atoms with Gasteiger partial charge in [-0.25, -0.2) is 4.79 Å². The van der Waals surface area contributed by atoms with E-state index in [0.29, 0.717) is 29.7 Å². The van der Waals surface area contributed by atoms with Crippen LogP contribution in [0.15, 0.2) is 18.2 Å². The summed E-state index contributed by atoms with van der Waals surface area (Å²) in [6.45, 7) is 3.85. The fraction of sp³-hybridized carbons (Fsp3) is 0.625. The smallest absolute Gasteiger partial charge is 0.343 e. The van der Waals surface area contributed by atoms with Crippen LogP contribution >= 0.6 is 0 Å². The molecule has 4 atom stereocenters. The lowest BCUT2D eigenvalue weighted by Gasteiger charge is -2.39. The molecule has 0 amide bonds. The molecule has 6 N–H and O–H groups in total. The highest BCUT2D eigenvalue weighted by Gasteiger charge is 2.66. The lowest BCUT2D eigenvalue weighted by Crippen LogP contribution is -2.60. The predicted octanol–water partition coefficient (Wildman–Crippen LogP) is 1.27. The third kappa shape index (κ3) is 4.18. The molecule has 4 rings (SSSR count).